The van der Waals surface area contributed by atoms with Crippen molar-refractivity contribution < 1.29 is 26.4 Å². The van der Waals surface area contributed by atoms with Crippen molar-refractivity contribution >= 4 is 5.97 Å². The van der Waals surface area contributed by atoms with Crippen LogP contribution in [0.3, 0.4) is 0 Å². The van der Waals surface area contributed by atoms with Gasteiger partial charge < -0.3 is 21.6 Å². The number of unbranched alkanes of at least 4 members (excludes halogenated alkanes) is 6. The Kier molecular flexibility index (Phi) is 14.6. The molecule has 176 valence electrons. The highest BCUT2D eigenvalue weighted by molar-refractivity contribution is 5.70. The first-order valence-electron chi connectivity index (χ1n) is 12.3. The second kappa shape index (κ2) is 16.3. The molecule has 2 rings (SSSR count). The number of nitrogens with zero attached hydrogens (tertiary/aromatic N) is 1. The van der Waals surface area contributed by atoms with Gasteiger partial charge in [0, 0.05) is 0 Å². The number of hydrogen-bond acceptors (Lipinski definition) is 2. The minimum absolute atomic E-state index is 0. The van der Waals surface area contributed by atoms with Gasteiger partial charge in [0.15, 0.2) is 6.54 Å². The van der Waals surface area contributed by atoms with E-state index in [2.05, 4.69) is 50.3 Å². The Morgan fingerprint density at radius 3 is 2.29 bits per heavy atom. The number of halogens is 1. The van der Waals surface area contributed by atoms with Gasteiger partial charge in [-0.15, -0.1) is 0 Å². The van der Waals surface area contributed by atoms with Crippen LogP contribution in [0.4, 0.5) is 0 Å². The van der Waals surface area contributed by atoms with Gasteiger partial charge in [0.05, 0.1) is 26.2 Å². The molecule has 0 unspecified atom stereocenters. The molecule has 1 heterocycles. The first-order chi connectivity index (χ1) is 14.6. The molecular weight excluding hydrogens is 406 g/mol. The number of rotatable bonds is 14. The van der Waals surface area contributed by atoms with Crippen molar-refractivity contribution in [1.82, 2.24) is 0 Å². The van der Waals surface area contributed by atoms with Crippen LogP contribution >= 0.6 is 0 Å². The van der Waals surface area contributed by atoms with Crippen LogP contribution in [0.5, 0.6) is 0 Å². The average molecular weight is 450 g/mol. The summed E-state index contributed by atoms with van der Waals surface area (Å²) in [5.74, 6) is -0.00278. The number of likely N-dealkylation sites (tertiary alicyclic amines) is 1. The van der Waals surface area contributed by atoms with E-state index >= 15 is 0 Å². The minimum atomic E-state index is -0.00278. The van der Waals surface area contributed by atoms with Gasteiger partial charge in [-0.1, -0.05) is 81.4 Å². The lowest BCUT2D eigenvalue weighted by Crippen LogP contribution is -3.00. The summed E-state index contributed by atoms with van der Waals surface area (Å²) in [5.41, 5.74) is 2.74. The average Bonchev–Trinajstić information content (AvgIpc) is 2.76. The number of quaternary nitrogens is 1. The Morgan fingerprint density at radius 2 is 1.61 bits per heavy atom. The Balaban J connectivity index is 0.00000480. The second-order valence-corrected chi connectivity index (χ2v) is 9.24. The number of hydrogen-bond donors (Lipinski definition) is 0. The predicted octanol–water partition coefficient (Wildman–Crippen LogP) is 3.47. The molecule has 1 fully saturated rings. The van der Waals surface area contributed by atoms with Gasteiger partial charge in [0.25, 0.3) is 0 Å². The number of benzene rings is 1. The number of carbonyl (C=O) groups is 1. The molecule has 4 heteroatoms. The van der Waals surface area contributed by atoms with Crippen LogP contribution < -0.4 is 12.4 Å². The minimum Gasteiger partial charge on any atom is -1.00 e. The molecule has 0 N–H and O–H groups in total. The van der Waals surface area contributed by atoms with E-state index in [0.717, 1.165) is 37.0 Å². The Labute approximate surface area is 197 Å². The van der Waals surface area contributed by atoms with Crippen LogP contribution in [0, 0.1) is 0 Å². The summed E-state index contributed by atoms with van der Waals surface area (Å²) in [6.07, 6.45) is 15.8. The molecule has 0 bridgehead atoms. The third kappa shape index (κ3) is 11.8. The molecule has 31 heavy (non-hydrogen) atoms. The molecule has 1 aromatic rings. The number of carbonyl (C=O) groups excluding carboxylic acids is 1. The first kappa shape index (κ1) is 27.7. The van der Waals surface area contributed by atoms with E-state index in [0.29, 0.717) is 13.2 Å². The maximum Gasteiger partial charge on any atom is 0.361 e. The van der Waals surface area contributed by atoms with Gasteiger partial charge in [-0.25, -0.2) is 4.79 Å². The third-order valence-corrected chi connectivity index (χ3v) is 6.39. The van der Waals surface area contributed by atoms with E-state index in [9.17, 15) is 4.79 Å². The number of esters is 1. The topological polar surface area (TPSA) is 26.3 Å². The Hall–Kier alpha value is -1.32. The summed E-state index contributed by atoms with van der Waals surface area (Å²) in [4.78, 5) is 12.6. The quantitative estimate of drug-likeness (QED) is 0.188. The van der Waals surface area contributed by atoms with Crippen LogP contribution in [0.2, 0.25) is 0 Å². The highest BCUT2D eigenvalue weighted by atomic mass is 35.5. The molecule has 3 nitrogen and oxygen atoms in total. The van der Waals surface area contributed by atoms with Gasteiger partial charge in [0.1, 0.15) is 0 Å². The smallest absolute Gasteiger partial charge is 0.361 e. The lowest BCUT2D eigenvalue weighted by Gasteiger charge is -2.40. The first-order valence-corrected chi connectivity index (χ1v) is 12.3. The van der Waals surface area contributed by atoms with Gasteiger partial charge in [-0.3, -0.25) is 0 Å². The third-order valence-electron chi connectivity index (χ3n) is 6.39. The normalized spacial score (nSPS) is 15.9. The van der Waals surface area contributed by atoms with Crippen molar-refractivity contribution in [3.8, 4) is 0 Å². The van der Waals surface area contributed by atoms with E-state index in [1.165, 1.54) is 68.9 Å². The Morgan fingerprint density at radius 1 is 0.968 bits per heavy atom. The van der Waals surface area contributed by atoms with Crippen LogP contribution in [0.1, 0.15) is 83.6 Å². The molecule has 0 spiro atoms. The van der Waals surface area contributed by atoms with E-state index < -0.39 is 0 Å². The van der Waals surface area contributed by atoms with Crippen LogP contribution in [0.25, 0.3) is 0 Å². The predicted molar refractivity (Wildman–Crippen MR) is 126 cm³/mol. The zero-order valence-electron chi connectivity index (χ0n) is 19.9. The van der Waals surface area contributed by atoms with Gasteiger partial charge in [0.2, 0.25) is 0 Å². The van der Waals surface area contributed by atoms with Crippen molar-refractivity contribution in [1.29, 1.82) is 0 Å². The fourth-order valence-electron chi connectivity index (χ4n) is 4.49. The van der Waals surface area contributed by atoms with E-state index in [4.69, 9.17) is 4.74 Å². The lowest BCUT2D eigenvalue weighted by atomic mass is 10.0. The molecule has 0 saturated carbocycles. The molecule has 0 aromatic heterocycles. The summed E-state index contributed by atoms with van der Waals surface area (Å²) in [6, 6.07) is 10.6. The standard InChI is InChI=1S/C27H44NO2.ClH/c1-3-4-5-6-7-8-15-22-30-27(29)24-28(19-13-10-14-20-28)21-18-25(2)23-26-16-11-9-12-17-26;/h9,11-12,16-18H,3-8,10,13-15,19-24H2,1-2H3;1H/q+1;/p-1. The molecule has 0 amide bonds. The van der Waals surface area contributed by atoms with Crippen LogP contribution in [-0.2, 0) is 16.0 Å². The van der Waals surface area contributed by atoms with Gasteiger partial charge in [-0.05, 0) is 50.7 Å². The largest absolute Gasteiger partial charge is 1.00 e. The highest BCUT2D eigenvalue weighted by Crippen LogP contribution is 2.20. The van der Waals surface area contributed by atoms with E-state index in [-0.39, 0.29) is 18.4 Å². The fraction of sp³-hybridized carbons (Fsp3) is 0.667. The number of piperidine rings is 1. The van der Waals surface area contributed by atoms with Crippen molar-refractivity contribution in [3.63, 3.8) is 0 Å². The molecule has 1 aromatic carbocycles. The molecule has 0 atom stereocenters. The molecule has 1 saturated heterocycles. The van der Waals surface area contributed by atoms with E-state index in [1.54, 1.807) is 0 Å². The number of allylic oxidation sites excluding steroid dienone is 1. The zero-order valence-corrected chi connectivity index (χ0v) is 20.7. The molecular formula is C27H44ClNO2. The number of ether oxygens (including phenoxy) is 1. The molecule has 0 aliphatic carbocycles. The molecule has 1 aliphatic heterocycles. The summed E-state index contributed by atoms with van der Waals surface area (Å²) in [7, 11) is 0. The van der Waals surface area contributed by atoms with Crippen molar-refractivity contribution in [2.45, 2.75) is 84.5 Å². The maximum atomic E-state index is 12.6. The zero-order chi connectivity index (χ0) is 21.5. The van der Waals surface area contributed by atoms with Gasteiger partial charge in [-0.2, -0.15) is 0 Å². The van der Waals surface area contributed by atoms with E-state index in [1.807, 2.05) is 0 Å². The van der Waals surface area contributed by atoms with Crippen LogP contribution in [0.15, 0.2) is 42.0 Å². The summed E-state index contributed by atoms with van der Waals surface area (Å²) >= 11 is 0. The maximum absolute atomic E-state index is 12.6. The molecule has 1 aliphatic rings. The summed E-state index contributed by atoms with van der Waals surface area (Å²) < 4.78 is 6.50. The summed E-state index contributed by atoms with van der Waals surface area (Å²) in [6.45, 7) is 8.74. The van der Waals surface area contributed by atoms with Crippen LogP contribution in [-0.4, -0.2) is 43.2 Å². The Bertz CT molecular complexity index is 623. The van der Waals surface area contributed by atoms with Crippen molar-refractivity contribution in [2.75, 3.05) is 32.8 Å². The van der Waals surface area contributed by atoms with Gasteiger partial charge >= 0.3 is 5.97 Å². The summed E-state index contributed by atoms with van der Waals surface area (Å²) in [5, 5.41) is 0. The second-order valence-electron chi connectivity index (χ2n) is 9.24. The highest BCUT2D eigenvalue weighted by Gasteiger charge is 2.32. The lowest BCUT2D eigenvalue weighted by molar-refractivity contribution is -0.920. The fourth-order valence-corrected chi connectivity index (χ4v) is 4.49. The molecule has 0 radical (unpaired) electrons. The van der Waals surface area contributed by atoms with Crippen molar-refractivity contribution in [3.05, 3.63) is 47.5 Å². The SMILES string of the molecule is CCCCCCCCCOC(=O)C[N+]1(CC=C(C)Cc2ccccc2)CCCCC1.[Cl-]. The monoisotopic (exact) mass is 449 g/mol. The van der Waals surface area contributed by atoms with Crippen molar-refractivity contribution in [2.24, 2.45) is 0 Å².